The van der Waals surface area contributed by atoms with Gasteiger partial charge in [-0.1, -0.05) is 13.3 Å². The van der Waals surface area contributed by atoms with Crippen molar-refractivity contribution in [3.63, 3.8) is 0 Å². The Balaban J connectivity index is 1.84. The zero-order valence-corrected chi connectivity index (χ0v) is 11.7. The summed E-state index contributed by atoms with van der Waals surface area (Å²) in [5, 5.41) is 5.89. The van der Waals surface area contributed by atoms with E-state index in [4.69, 9.17) is 0 Å². The van der Waals surface area contributed by atoms with Crippen LogP contribution in [0.15, 0.2) is 11.4 Å². The number of fused-ring (bicyclic) bond motifs is 2. The zero-order chi connectivity index (χ0) is 11.8. The second-order valence-corrected chi connectivity index (χ2v) is 6.72. The number of hydrogen-bond acceptors (Lipinski definition) is 2. The molecule has 2 aliphatic rings. The summed E-state index contributed by atoms with van der Waals surface area (Å²) in [7, 11) is 2.15. The quantitative estimate of drug-likeness (QED) is 0.850. The van der Waals surface area contributed by atoms with E-state index in [9.17, 15) is 0 Å². The largest absolute Gasteiger partial charge is 0.312 e. The van der Waals surface area contributed by atoms with Gasteiger partial charge in [0, 0.05) is 10.9 Å². The van der Waals surface area contributed by atoms with E-state index >= 15 is 0 Å². The topological polar surface area (TPSA) is 12.0 Å². The van der Waals surface area contributed by atoms with Gasteiger partial charge in [-0.15, -0.1) is 11.3 Å². The average molecular weight is 249 g/mol. The highest BCUT2D eigenvalue weighted by atomic mass is 32.1. The van der Waals surface area contributed by atoms with Gasteiger partial charge in [0.25, 0.3) is 0 Å². The van der Waals surface area contributed by atoms with Gasteiger partial charge in [-0.05, 0) is 67.5 Å². The first-order valence-corrected chi connectivity index (χ1v) is 7.95. The molecule has 2 heteroatoms. The molecule has 2 bridgehead atoms. The van der Waals surface area contributed by atoms with Crippen molar-refractivity contribution in [1.29, 1.82) is 0 Å². The third-order valence-electron chi connectivity index (χ3n) is 4.98. The minimum absolute atomic E-state index is 0.625. The fourth-order valence-electron chi connectivity index (χ4n) is 4.15. The summed E-state index contributed by atoms with van der Waals surface area (Å²) in [4.78, 5) is 1.62. The SMILES string of the molecule is CCc1ccsc1C(NC)C1CC2CCC1C2. The predicted molar refractivity (Wildman–Crippen MR) is 74.4 cm³/mol. The van der Waals surface area contributed by atoms with E-state index in [1.165, 1.54) is 32.1 Å². The van der Waals surface area contributed by atoms with Crippen molar-refractivity contribution in [2.75, 3.05) is 7.05 Å². The fourth-order valence-corrected chi connectivity index (χ4v) is 5.34. The second-order valence-electron chi connectivity index (χ2n) is 5.77. The molecule has 0 spiro atoms. The Hall–Kier alpha value is -0.340. The first-order valence-electron chi connectivity index (χ1n) is 7.07. The van der Waals surface area contributed by atoms with Gasteiger partial charge in [-0.25, -0.2) is 0 Å². The van der Waals surface area contributed by atoms with Crippen molar-refractivity contribution in [1.82, 2.24) is 5.32 Å². The number of thiophene rings is 1. The molecule has 0 amide bonds. The van der Waals surface area contributed by atoms with Crippen molar-refractivity contribution < 1.29 is 0 Å². The highest BCUT2D eigenvalue weighted by Crippen LogP contribution is 2.53. The van der Waals surface area contributed by atoms with Gasteiger partial charge in [0.1, 0.15) is 0 Å². The molecule has 1 N–H and O–H groups in total. The minimum atomic E-state index is 0.625. The van der Waals surface area contributed by atoms with Crippen molar-refractivity contribution in [3.05, 3.63) is 21.9 Å². The van der Waals surface area contributed by atoms with E-state index in [1.54, 1.807) is 10.4 Å². The Labute approximate surface area is 109 Å². The highest BCUT2D eigenvalue weighted by Gasteiger charge is 2.43. The van der Waals surface area contributed by atoms with E-state index in [1.807, 2.05) is 11.3 Å². The Morgan fingerprint density at radius 3 is 2.88 bits per heavy atom. The molecule has 1 aromatic rings. The maximum absolute atomic E-state index is 3.62. The van der Waals surface area contributed by atoms with Crippen molar-refractivity contribution >= 4 is 11.3 Å². The Kier molecular flexibility index (Phi) is 3.27. The summed E-state index contributed by atoms with van der Waals surface area (Å²) in [6.07, 6.45) is 7.15. The molecule has 4 unspecified atom stereocenters. The van der Waals surface area contributed by atoms with E-state index in [0.717, 1.165) is 17.8 Å². The summed E-state index contributed by atoms with van der Waals surface area (Å²) in [5.41, 5.74) is 1.57. The molecule has 1 nitrogen and oxygen atoms in total. The lowest BCUT2D eigenvalue weighted by Crippen LogP contribution is -2.28. The molecule has 2 fully saturated rings. The van der Waals surface area contributed by atoms with Crippen LogP contribution in [0.2, 0.25) is 0 Å². The molecule has 0 radical (unpaired) electrons. The second kappa shape index (κ2) is 4.74. The smallest absolute Gasteiger partial charge is 0.0446 e. The Morgan fingerprint density at radius 1 is 1.41 bits per heavy atom. The Morgan fingerprint density at radius 2 is 2.29 bits per heavy atom. The van der Waals surface area contributed by atoms with Crippen LogP contribution in [0.5, 0.6) is 0 Å². The van der Waals surface area contributed by atoms with Crippen LogP contribution in [0, 0.1) is 17.8 Å². The van der Waals surface area contributed by atoms with Crippen LogP contribution in [-0.4, -0.2) is 7.05 Å². The minimum Gasteiger partial charge on any atom is -0.312 e. The van der Waals surface area contributed by atoms with Crippen molar-refractivity contribution in [2.24, 2.45) is 17.8 Å². The van der Waals surface area contributed by atoms with Gasteiger partial charge in [0.15, 0.2) is 0 Å². The van der Waals surface area contributed by atoms with Crippen LogP contribution in [0.4, 0.5) is 0 Å². The molecule has 0 aromatic carbocycles. The third kappa shape index (κ3) is 1.96. The molecular formula is C15H23NS. The standard InChI is InChI=1S/C15H23NS/c1-3-11-6-7-17-15(11)14(16-2)13-9-10-4-5-12(13)8-10/h6-7,10,12-14,16H,3-5,8-9H2,1-2H3. The lowest BCUT2D eigenvalue weighted by atomic mass is 9.82. The summed E-state index contributed by atoms with van der Waals surface area (Å²) >= 11 is 1.96. The third-order valence-corrected chi connectivity index (χ3v) is 6.02. The van der Waals surface area contributed by atoms with Gasteiger partial charge in [-0.3, -0.25) is 0 Å². The zero-order valence-electron chi connectivity index (χ0n) is 10.9. The van der Waals surface area contributed by atoms with Crippen LogP contribution < -0.4 is 5.32 Å². The number of aryl methyl sites for hydroxylation is 1. The first-order chi connectivity index (χ1) is 8.33. The molecule has 17 heavy (non-hydrogen) atoms. The van der Waals surface area contributed by atoms with E-state index in [2.05, 4.69) is 30.7 Å². The molecule has 3 rings (SSSR count). The van der Waals surface area contributed by atoms with Crippen LogP contribution in [0.25, 0.3) is 0 Å². The average Bonchev–Trinajstić information content (AvgIpc) is 3.05. The molecule has 1 aromatic heterocycles. The monoisotopic (exact) mass is 249 g/mol. The normalized spacial score (nSPS) is 33.2. The molecule has 0 saturated heterocycles. The van der Waals surface area contributed by atoms with Crippen molar-refractivity contribution in [3.8, 4) is 0 Å². The lowest BCUT2D eigenvalue weighted by Gasteiger charge is -2.30. The number of hydrogen-bond donors (Lipinski definition) is 1. The number of nitrogens with one attached hydrogen (secondary N) is 1. The molecule has 94 valence electrons. The van der Waals surface area contributed by atoms with Gasteiger partial charge >= 0.3 is 0 Å². The van der Waals surface area contributed by atoms with Gasteiger partial charge in [0.05, 0.1) is 0 Å². The fraction of sp³-hybridized carbons (Fsp3) is 0.733. The van der Waals surface area contributed by atoms with Crippen LogP contribution >= 0.6 is 11.3 Å². The molecule has 2 aliphatic carbocycles. The summed E-state index contributed by atoms with van der Waals surface area (Å²) in [6.45, 7) is 2.28. The van der Waals surface area contributed by atoms with Crippen LogP contribution in [-0.2, 0) is 6.42 Å². The summed E-state index contributed by atoms with van der Waals surface area (Å²) < 4.78 is 0. The predicted octanol–water partition coefficient (Wildman–Crippen LogP) is 4.01. The Bertz CT molecular complexity index is 384. The number of rotatable bonds is 4. The molecular weight excluding hydrogens is 226 g/mol. The molecule has 4 atom stereocenters. The maximum Gasteiger partial charge on any atom is 0.0446 e. The molecule has 0 aliphatic heterocycles. The highest BCUT2D eigenvalue weighted by molar-refractivity contribution is 7.10. The first kappa shape index (κ1) is 11.7. The van der Waals surface area contributed by atoms with Gasteiger partial charge in [-0.2, -0.15) is 0 Å². The summed E-state index contributed by atoms with van der Waals surface area (Å²) in [5.74, 6) is 2.96. The van der Waals surface area contributed by atoms with E-state index < -0.39 is 0 Å². The van der Waals surface area contributed by atoms with Crippen LogP contribution in [0.3, 0.4) is 0 Å². The van der Waals surface area contributed by atoms with Gasteiger partial charge < -0.3 is 5.32 Å². The van der Waals surface area contributed by atoms with E-state index in [0.29, 0.717) is 6.04 Å². The van der Waals surface area contributed by atoms with Gasteiger partial charge in [0.2, 0.25) is 0 Å². The lowest BCUT2D eigenvalue weighted by molar-refractivity contribution is 0.261. The van der Waals surface area contributed by atoms with E-state index in [-0.39, 0.29) is 0 Å². The van der Waals surface area contributed by atoms with Crippen LogP contribution in [0.1, 0.15) is 49.1 Å². The molecule has 1 heterocycles. The van der Waals surface area contributed by atoms with Crippen molar-refractivity contribution in [2.45, 2.75) is 45.1 Å². The maximum atomic E-state index is 3.62. The molecule has 2 saturated carbocycles. The summed E-state index contributed by atoms with van der Waals surface area (Å²) in [6, 6.07) is 2.94.